The number of carbonyl (C=O) groups excluding carboxylic acids is 1. The highest BCUT2D eigenvalue weighted by Gasteiger charge is 2.30. The van der Waals surface area contributed by atoms with Crippen LogP contribution in [0.5, 0.6) is 0 Å². The molecule has 1 aromatic heterocycles. The first-order valence-electron chi connectivity index (χ1n) is 8.84. The molecule has 0 radical (unpaired) electrons. The number of carbonyl (C=O) groups is 1. The van der Waals surface area contributed by atoms with E-state index in [1.165, 1.54) is 0 Å². The minimum atomic E-state index is -3.47. The van der Waals surface area contributed by atoms with E-state index < -0.39 is 16.1 Å². The summed E-state index contributed by atoms with van der Waals surface area (Å²) in [6.45, 7) is 3.23. The summed E-state index contributed by atoms with van der Waals surface area (Å²) in [7, 11) is -3.47. The Balaban J connectivity index is 1.86. The van der Waals surface area contributed by atoms with Crippen molar-refractivity contribution in [2.45, 2.75) is 38.6 Å². The molecule has 0 saturated carbocycles. The lowest BCUT2D eigenvalue weighted by Crippen LogP contribution is -2.49. The number of nitrogens with zero attached hydrogens (tertiary/aromatic N) is 1. The molecule has 1 amide bonds. The molecule has 1 aromatic carbocycles. The Kier molecular flexibility index (Phi) is 5.44. The predicted molar refractivity (Wildman–Crippen MR) is 98.8 cm³/mol. The molecule has 136 valence electrons. The molecule has 1 aliphatic heterocycles. The first-order valence-corrected chi connectivity index (χ1v) is 10.5. The van der Waals surface area contributed by atoms with Gasteiger partial charge < -0.3 is 9.88 Å². The molecule has 25 heavy (non-hydrogen) atoms. The lowest BCUT2D eigenvalue weighted by molar-refractivity contribution is -0.131. The minimum Gasteiger partial charge on any atom is -0.361 e. The number of hydrogen-bond acceptors (Lipinski definition) is 3. The Morgan fingerprint density at radius 3 is 2.72 bits per heavy atom. The zero-order valence-electron chi connectivity index (χ0n) is 14.5. The van der Waals surface area contributed by atoms with E-state index in [0.717, 1.165) is 29.3 Å². The number of benzene rings is 1. The monoisotopic (exact) mass is 363 g/mol. The van der Waals surface area contributed by atoms with Gasteiger partial charge in [0.1, 0.15) is 6.04 Å². The Morgan fingerprint density at radius 2 is 2.00 bits per heavy atom. The van der Waals surface area contributed by atoms with Gasteiger partial charge >= 0.3 is 0 Å². The highest BCUT2D eigenvalue weighted by Crippen LogP contribution is 2.20. The fraction of sp³-hybridized carbons (Fsp3) is 0.500. The van der Waals surface area contributed by atoms with E-state index in [1.807, 2.05) is 37.4 Å². The number of rotatable bonds is 7. The fourth-order valence-electron chi connectivity index (χ4n) is 3.40. The Bertz CT molecular complexity index is 838. The van der Waals surface area contributed by atoms with Crippen LogP contribution in [0.1, 0.15) is 31.7 Å². The minimum absolute atomic E-state index is 0.0324. The van der Waals surface area contributed by atoms with Crippen LogP contribution in [0.25, 0.3) is 10.9 Å². The van der Waals surface area contributed by atoms with E-state index in [2.05, 4.69) is 9.71 Å². The largest absolute Gasteiger partial charge is 0.361 e. The molecule has 6 nitrogen and oxygen atoms in total. The molecule has 1 fully saturated rings. The zero-order valence-corrected chi connectivity index (χ0v) is 15.3. The number of H-pyrrole nitrogens is 1. The van der Waals surface area contributed by atoms with Gasteiger partial charge in [-0.2, -0.15) is 0 Å². The molecular weight excluding hydrogens is 338 g/mol. The molecule has 1 saturated heterocycles. The molecular formula is C18H25N3O3S. The third-order valence-corrected chi connectivity index (χ3v) is 6.20. The number of nitrogens with one attached hydrogen (secondary N) is 2. The first kappa shape index (κ1) is 17.9. The van der Waals surface area contributed by atoms with Crippen molar-refractivity contribution in [3.63, 3.8) is 0 Å². The Hall–Kier alpha value is -1.86. The lowest BCUT2D eigenvalue weighted by Gasteiger charge is -2.24. The maximum absolute atomic E-state index is 12.9. The SMILES string of the molecule is CCCS(=O)(=O)N[C@@H](Cc1c[nH]c2ccccc12)C(=O)N1CCCC1. The van der Waals surface area contributed by atoms with Crippen molar-refractivity contribution in [2.75, 3.05) is 18.8 Å². The van der Waals surface area contributed by atoms with Crippen molar-refractivity contribution in [2.24, 2.45) is 0 Å². The normalized spacial score (nSPS) is 16.4. The third kappa shape index (κ3) is 4.22. The van der Waals surface area contributed by atoms with Crippen LogP contribution >= 0.6 is 0 Å². The molecule has 0 unspecified atom stereocenters. The van der Waals surface area contributed by atoms with Gasteiger partial charge in [0.05, 0.1) is 5.75 Å². The van der Waals surface area contributed by atoms with E-state index in [-0.39, 0.29) is 11.7 Å². The number of fused-ring (bicyclic) bond motifs is 1. The van der Waals surface area contributed by atoms with E-state index in [4.69, 9.17) is 0 Å². The molecule has 1 aliphatic rings. The van der Waals surface area contributed by atoms with E-state index in [1.54, 1.807) is 4.90 Å². The van der Waals surface area contributed by atoms with Gasteiger partial charge in [-0.25, -0.2) is 13.1 Å². The second-order valence-corrected chi connectivity index (χ2v) is 8.46. The quantitative estimate of drug-likeness (QED) is 0.790. The second-order valence-electron chi connectivity index (χ2n) is 6.59. The first-order chi connectivity index (χ1) is 12.0. The summed E-state index contributed by atoms with van der Waals surface area (Å²) in [6.07, 6.45) is 4.69. The number of amides is 1. The van der Waals surface area contributed by atoms with Gasteiger partial charge in [-0.3, -0.25) is 4.79 Å². The third-order valence-electron chi connectivity index (χ3n) is 4.61. The number of sulfonamides is 1. The van der Waals surface area contributed by atoms with Gasteiger partial charge in [0.15, 0.2) is 0 Å². The zero-order chi connectivity index (χ0) is 17.9. The van der Waals surface area contributed by atoms with Gasteiger partial charge in [-0.1, -0.05) is 25.1 Å². The van der Waals surface area contributed by atoms with Crippen LogP contribution in [-0.4, -0.2) is 49.1 Å². The van der Waals surface area contributed by atoms with E-state index in [9.17, 15) is 13.2 Å². The number of para-hydroxylation sites is 1. The van der Waals surface area contributed by atoms with E-state index >= 15 is 0 Å². The smallest absolute Gasteiger partial charge is 0.241 e. The summed E-state index contributed by atoms with van der Waals surface area (Å²) < 4.78 is 27.2. The highest BCUT2D eigenvalue weighted by molar-refractivity contribution is 7.89. The molecule has 7 heteroatoms. The summed E-state index contributed by atoms with van der Waals surface area (Å²) >= 11 is 0. The molecule has 2 aromatic rings. The molecule has 0 bridgehead atoms. The lowest BCUT2D eigenvalue weighted by atomic mass is 10.0. The van der Waals surface area contributed by atoms with Crippen LogP contribution in [-0.2, 0) is 21.2 Å². The maximum atomic E-state index is 12.9. The van der Waals surface area contributed by atoms with Crippen LogP contribution in [0, 0.1) is 0 Å². The van der Waals surface area contributed by atoms with Crippen LogP contribution in [0.3, 0.4) is 0 Å². The van der Waals surface area contributed by atoms with Crippen molar-refractivity contribution in [3.8, 4) is 0 Å². The van der Waals surface area contributed by atoms with Crippen LogP contribution in [0.15, 0.2) is 30.5 Å². The molecule has 0 spiro atoms. The summed E-state index contributed by atoms with van der Waals surface area (Å²) in [5, 5.41) is 1.02. The molecule has 0 aliphatic carbocycles. The van der Waals surface area contributed by atoms with Crippen molar-refractivity contribution in [3.05, 3.63) is 36.0 Å². The second kappa shape index (κ2) is 7.58. The van der Waals surface area contributed by atoms with Crippen LogP contribution in [0.2, 0.25) is 0 Å². The average molecular weight is 363 g/mol. The Labute approximate surface area is 148 Å². The van der Waals surface area contributed by atoms with Gasteiger partial charge in [0, 0.05) is 30.2 Å². The average Bonchev–Trinajstić information content (AvgIpc) is 3.23. The van der Waals surface area contributed by atoms with Crippen LogP contribution in [0.4, 0.5) is 0 Å². The van der Waals surface area contributed by atoms with Gasteiger partial charge in [-0.15, -0.1) is 0 Å². The van der Waals surface area contributed by atoms with Gasteiger partial charge in [0.25, 0.3) is 0 Å². The van der Waals surface area contributed by atoms with Crippen LogP contribution < -0.4 is 4.72 Å². The maximum Gasteiger partial charge on any atom is 0.241 e. The van der Waals surface area contributed by atoms with Gasteiger partial charge in [0.2, 0.25) is 15.9 Å². The summed E-state index contributed by atoms with van der Waals surface area (Å²) in [6, 6.07) is 7.09. The number of aromatic amines is 1. The van der Waals surface area contributed by atoms with Crippen molar-refractivity contribution < 1.29 is 13.2 Å². The molecule has 2 N–H and O–H groups in total. The predicted octanol–water partition coefficient (Wildman–Crippen LogP) is 2.03. The molecule has 3 rings (SSSR count). The standard InChI is InChI=1S/C18H25N3O3S/c1-2-11-25(23,24)20-17(18(22)21-9-5-6-10-21)12-14-13-19-16-8-4-3-7-15(14)16/h3-4,7-8,13,17,19-20H,2,5-6,9-12H2,1H3/t17-/m0/s1. The van der Waals surface area contributed by atoms with Gasteiger partial charge in [-0.05, 0) is 37.3 Å². The van der Waals surface area contributed by atoms with Crippen molar-refractivity contribution in [1.29, 1.82) is 0 Å². The van der Waals surface area contributed by atoms with E-state index in [0.29, 0.717) is 25.9 Å². The highest BCUT2D eigenvalue weighted by atomic mass is 32.2. The van der Waals surface area contributed by atoms with Crippen molar-refractivity contribution >= 4 is 26.8 Å². The number of hydrogen-bond donors (Lipinski definition) is 2. The number of likely N-dealkylation sites (tertiary alicyclic amines) is 1. The topological polar surface area (TPSA) is 82.3 Å². The summed E-state index contributed by atoms with van der Waals surface area (Å²) in [5.41, 5.74) is 1.94. The van der Waals surface area contributed by atoms with Crippen molar-refractivity contribution in [1.82, 2.24) is 14.6 Å². The number of aromatic nitrogens is 1. The summed E-state index contributed by atoms with van der Waals surface area (Å²) in [4.78, 5) is 17.8. The Morgan fingerprint density at radius 1 is 1.28 bits per heavy atom. The molecule has 1 atom stereocenters. The summed E-state index contributed by atoms with van der Waals surface area (Å²) in [5.74, 6) is -0.0903. The fourth-order valence-corrected chi connectivity index (χ4v) is 4.68. The molecule has 2 heterocycles.